The molecule has 0 spiro atoms. The van der Waals surface area contributed by atoms with Gasteiger partial charge in [-0.05, 0) is 47.8 Å². The summed E-state index contributed by atoms with van der Waals surface area (Å²) in [5, 5.41) is 13.7. The van der Waals surface area contributed by atoms with E-state index in [4.69, 9.17) is 9.52 Å². The molecule has 0 aliphatic heterocycles. The maximum Gasteiger partial charge on any atom is 0.265 e. The highest BCUT2D eigenvalue weighted by atomic mass is 32.1. The first-order valence-corrected chi connectivity index (χ1v) is 7.29. The Labute approximate surface area is 125 Å². The molecule has 5 heteroatoms. The topological polar surface area (TPSA) is 62.5 Å². The van der Waals surface area contributed by atoms with Gasteiger partial charge in [0.05, 0.1) is 4.88 Å². The van der Waals surface area contributed by atoms with Crippen LogP contribution in [0.25, 0.3) is 11.3 Å². The fraction of sp³-hybridized carbons (Fsp3) is 0.0625. The predicted molar refractivity (Wildman–Crippen MR) is 82.3 cm³/mol. The van der Waals surface area contributed by atoms with Crippen molar-refractivity contribution in [1.29, 1.82) is 0 Å². The minimum atomic E-state index is -0.116. The molecule has 2 heterocycles. The average molecular weight is 299 g/mol. The molecule has 0 saturated heterocycles. The Morgan fingerprint density at radius 3 is 2.57 bits per heavy atom. The smallest absolute Gasteiger partial charge is 0.265 e. The standard InChI is InChI=1S/C16H13NO3S/c18-10-13-7-8-14(20-13)11-3-5-12(6-4-11)17-16(19)15-2-1-9-21-15/h1-9,18H,10H2,(H,17,19). The maximum absolute atomic E-state index is 11.9. The summed E-state index contributed by atoms with van der Waals surface area (Å²) in [5.74, 6) is 1.11. The van der Waals surface area contributed by atoms with Crippen LogP contribution in [0.5, 0.6) is 0 Å². The Bertz CT molecular complexity index is 729. The quantitative estimate of drug-likeness (QED) is 0.771. The van der Waals surface area contributed by atoms with Crippen LogP contribution in [0.4, 0.5) is 5.69 Å². The summed E-state index contributed by atoms with van der Waals surface area (Å²) in [6, 6.07) is 14.6. The maximum atomic E-state index is 11.9. The van der Waals surface area contributed by atoms with Crippen LogP contribution in [-0.2, 0) is 6.61 Å². The highest BCUT2D eigenvalue weighted by molar-refractivity contribution is 7.12. The lowest BCUT2D eigenvalue weighted by atomic mass is 10.1. The molecule has 0 bridgehead atoms. The summed E-state index contributed by atoms with van der Waals surface area (Å²) < 4.78 is 5.46. The summed E-state index contributed by atoms with van der Waals surface area (Å²) in [7, 11) is 0. The Hall–Kier alpha value is -2.37. The molecule has 4 nitrogen and oxygen atoms in total. The minimum absolute atomic E-state index is 0.113. The highest BCUT2D eigenvalue weighted by Gasteiger charge is 2.08. The van der Waals surface area contributed by atoms with E-state index in [1.807, 2.05) is 41.8 Å². The molecule has 21 heavy (non-hydrogen) atoms. The lowest BCUT2D eigenvalue weighted by Gasteiger charge is -2.04. The average Bonchev–Trinajstić information content (AvgIpc) is 3.19. The van der Waals surface area contributed by atoms with Gasteiger partial charge in [-0.1, -0.05) is 6.07 Å². The van der Waals surface area contributed by atoms with Gasteiger partial charge in [0, 0.05) is 11.3 Å². The molecule has 2 aromatic heterocycles. The van der Waals surface area contributed by atoms with Crippen molar-refractivity contribution in [2.24, 2.45) is 0 Å². The first-order valence-electron chi connectivity index (χ1n) is 6.41. The number of rotatable bonds is 4. The molecule has 0 saturated carbocycles. The Kier molecular flexibility index (Phi) is 3.85. The number of aliphatic hydroxyl groups is 1. The van der Waals surface area contributed by atoms with Crippen molar-refractivity contribution in [2.75, 3.05) is 5.32 Å². The number of aliphatic hydroxyl groups excluding tert-OH is 1. The SMILES string of the molecule is O=C(Nc1ccc(-c2ccc(CO)o2)cc1)c1cccs1. The number of hydrogen-bond donors (Lipinski definition) is 2. The summed E-state index contributed by atoms with van der Waals surface area (Å²) in [6.45, 7) is -0.116. The van der Waals surface area contributed by atoms with Crippen molar-refractivity contribution in [3.8, 4) is 11.3 Å². The number of amides is 1. The predicted octanol–water partition coefficient (Wildman–Crippen LogP) is 3.75. The lowest BCUT2D eigenvalue weighted by molar-refractivity contribution is 0.103. The van der Waals surface area contributed by atoms with Crippen LogP contribution in [-0.4, -0.2) is 11.0 Å². The largest absolute Gasteiger partial charge is 0.459 e. The van der Waals surface area contributed by atoms with Crippen molar-refractivity contribution in [3.63, 3.8) is 0 Å². The lowest BCUT2D eigenvalue weighted by Crippen LogP contribution is -2.09. The molecule has 106 valence electrons. The van der Waals surface area contributed by atoms with Crippen molar-refractivity contribution >= 4 is 22.9 Å². The Morgan fingerprint density at radius 1 is 1.14 bits per heavy atom. The van der Waals surface area contributed by atoms with Gasteiger partial charge in [0.2, 0.25) is 0 Å². The number of thiophene rings is 1. The van der Waals surface area contributed by atoms with Crippen LogP contribution in [0.15, 0.2) is 58.3 Å². The fourth-order valence-corrected chi connectivity index (χ4v) is 2.56. The van der Waals surface area contributed by atoms with E-state index in [9.17, 15) is 4.79 Å². The number of nitrogens with one attached hydrogen (secondary N) is 1. The zero-order valence-electron chi connectivity index (χ0n) is 11.1. The molecular weight excluding hydrogens is 286 g/mol. The van der Waals surface area contributed by atoms with Gasteiger partial charge in [0.1, 0.15) is 18.1 Å². The number of anilines is 1. The van der Waals surface area contributed by atoms with Gasteiger partial charge >= 0.3 is 0 Å². The number of hydrogen-bond acceptors (Lipinski definition) is 4. The van der Waals surface area contributed by atoms with Crippen LogP contribution >= 0.6 is 11.3 Å². The van der Waals surface area contributed by atoms with Crippen molar-refractivity contribution in [3.05, 3.63) is 64.5 Å². The van der Waals surface area contributed by atoms with Gasteiger partial charge in [0.25, 0.3) is 5.91 Å². The third kappa shape index (κ3) is 3.04. The van der Waals surface area contributed by atoms with Gasteiger partial charge < -0.3 is 14.8 Å². The van der Waals surface area contributed by atoms with Gasteiger partial charge in [-0.25, -0.2) is 0 Å². The van der Waals surface area contributed by atoms with E-state index in [1.165, 1.54) is 11.3 Å². The number of carbonyl (C=O) groups excluding carboxylic acids is 1. The molecule has 0 fully saturated rings. The Morgan fingerprint density at radius 2 is 1.95 bits per heavy atom. The summed E-state index contributed by atoms with van der Waals surface area (Å²) in [4.78, 5) is 12.6. The van der Waals surface area contributed by atoms with Crippen molar-refractivity contribution < 1.29 is 14.3 Å². The molecular formula is C16H13NO3S. The molecule has 0 aliphatic rings. The second-order valence-corrected chi connectivity index (χ2v) is 5.38. The van der Waals surface area contributed by atoms with Crippen LogP contribution in [0, 0.1) is 0 Å². The zero-order valence-corrected chi connectivity index (χ0v) is 11.9. The van der Waals surface area contributed by atoms with Crippen LogP contribution in [0.3, 0.4) is 0 Å². The van der Waals surface area contributed by atoms with E-state index in [2.05, 4.69) is 5.32 Å². The van der Waals surface area contributed by atoms with Crippen LogP contribution in [0.1, 0.15) is 15.4 Å². The molecule has 3 aromatic rings. The van der Waals surface area contributed by atoms with Crippen molar-refractivity contribution in [1.82, 2.24) is 0 Å². The third-order valence-corrected chi connectivity index (χ3v) is 3.86. The van der Waals surface area contributed by atoms with Gasteiger partial charge in [-0.3, -0.25) is 4.79 Å². The molecule has 2 N–H and O–H groups in total. The summed E-state index contributed by atoms with van der Waals surface area (Å²) >= 11 is 1.40. The monoisotopic (exact) mass is 299 g/mol. The van der Waals surface area contributed by atoms with Gasteiger partial charge in [0.15, 0.2) is 0 Å². The molecule has 0 radical (unpaired) electrons. The summed E-state index contributed by atoms with van der Waals surface area (Å²) in [6.07, 6.45) is 0. The number of furan rings is 1. The third-order valence-electron chi connectivity index (χ3n) is 2.99. The fourth-order valence-electron chi connectivity index (χ4n) is 1.94. The van der Waals surface area contributed by atoms with Gasteiger partial charge in [-0.15, -0.1) is 11.3 Å². The van der Waals surface area contributed by atoms with Gasteiger partial charge in [-0.2, -0.15) is 0 Å². The second kappa shape index (κ2) is 5.95. The second-order valence-electron chi connectivity index (χ2n) is 4.43. The molecule has 0 aliphatic carbocycles. The van der Waals surface area contributed by atoms with Crippen LogP contribution in [0.2, 0.25) is 0 Å². The summed E-state index contributed by atoms with van der Waals surface area (Å²) in [5.41, 5.74) is 1.62. The molecule has 1 amide bonds. The number of benzene rings is 1. The number of carbonyl (C=O) groups is 1. The zero-order chi connectivity index (χ0) is 14.7. The first-order chi connectivity index (χ1) is 10.3. The van der Waals surface area contributed by atoms with E-state index in [1.54, 1.807) is 12.1 Å². The molecule has 0 unspecified atom stereocenters. The molecule has 1 aromatic carbocycles. The first kappa shape index (κ1) is 13.6. The van der Waals surface area contributed by atoms with E-state index < -0.39 is 0 Å². The van der Waals surface area contributed by atoms with E-state index in [0.717, 1.165) is 11.3 Å². The van der Waals surface area contributed by atoms with E-state index >= 15 is 0 Å². The minimum Gasteiger partial charge on any atom is -0.459 e. The molecule has 3 rings (SSSR count). The normalized spacial score (nSPS) is 10.5. The molecule has 0 atom stereocenters. The van der Waals surface area contributed by atoms with Crippen LogP contribution < -0.4 is 5.32 Å². The van der Waals surface area contributed by atoms with Crippen molar-refractivity contribution in [2.45, 2.75) is 6.61 Å². The highest BCUT2D eigenvalue weighted by Crippen LogP contribution is 2.24. The van der Waals surface area contributed by atoms with E-state index in [-0.39, 0.29) is 12.5 Å². The van der Waals surface area contributed by atoms with E-state index in [0.29, 0.717) is 16.4 Å². The Balaban J connectivity index is 1.73.